The molecule has 11 nitrogen and oxygen atoms in total. The van der Waals surface area contributed by atoms with Crippen molar-refractivity contribution in [1.29, 1.82) is 0 Å². The second kappa shape index (κ2) is 10.1. The summed E-state index contributed by atoms with van der Waals surface area (Å²) in [4.78, 5) is 43.0. The molecule has 0 aliphatic carbocycles. The van der Waals surface area contributed by atoms with Crippen LogP contribution in [-0.4, -0.2) is 41.0 Å². The number of aromatic nitrogens is 2. The second-order valence-corrected chi connectivity index (χ2v) is 7.10. The number of nitrogens with one attached hydrogen (secondary N) is 2. The van der Waals surface area contributed by atoms with Gasteiger partial charge in [-0.25, -0.2) is 19.6 Å². The highest BCUT2D eigenvalue weighted by Crippen LogP contribution is 2.37. The van der Waals surface area contributed by atoms with Crippen LogP contribution < -0.4 is 10.6 Å². The van der Waals surface area contributed by atoms with Gasteiger partial charge in [0.2, 0.25) is 11.6 Å². The van der Waals surface area contributed by atoms with Gasteiger partial charge in [-0.05, 0) is 30.3 Å². The molecule has 0 aliphatic heterocycles. The number of halogens is 2. The average molecular weight is 492 g/mol. The summed E-state index contributed by atoms with van der Waals surface area (Å²) in [5.74, 6) is -1.83. The number of hydrogen-bond acceptors (Lipinski definition) is 10. The van der Waals surface area contributed by atoms with Crippen LogP contribution in [0.1, 0.15) is 20.7 Å². The molecule has 0 bridgehead atoms. The first kappa shape index (κ1) is 23.7. The Labute approximate surface area is 196 Å². The van der Waals surface area contributed by atoms with Gasteiger partial charge < -0.3 is 20.1 Å². The summed E-state index contributed by atoms with van der Waals surface area (Å²) in [6.45, 7) is 0. The third kappa shape index (κ3) is 5.27. The minimum Gasteiger partial charge on any atom is -0.465 e. The molecule has 0 amide bonds. The van der Waals surface area contributed by atoms with Gasteiger partial charge in [0.1, 0.15) is 6.33 Å². The Morgan fingerprint density at radius 2 is 1.55 bits per heavy atom. The van der Waals surface area contributed by atoms with Crippen LogP contribution in [0.4, 0.5) is 28.7 Å². The summed E-state index contributed by atoms with van der Waals surface area (Å²) in [5.41, 5.74) is -0.0478. The maximum atomic E-state index is 12.0. The molecule has 13 heteroatoms. The zero-order valence-corrected chi connectivity index (χ0v) is 18.6. The molecule has 0 spiro atoms. The molecule has 170 valence electrons. The largest absolute Gasteiger partial charge is 0.465 e. The molecule has 3 rings (SSSR count). The van der Waals surface area contributed by atoms with Crippen molar-refractivity contribution in [3.8, 4) is 0 Å². The van der Waals surface area contributed by atoms with Crippen LogP contribution in [0.5, 0.6) is 0 Å². The fourth-order valence-electron chi connectivity index (χ4n) is 2.77. The number of benzene rings is 2. The van der Waals surface area contributed by atoms with E-state index in [9.17, 15) is 19.7 Å². The van der Waals surface area contributed by atoms with E-state index in [1.807, 2.05) is 0 Å². The van der Waals surface area contributed by atoms with Crippen molar-refractivity contribution in [3.63, 3.8) is 0 Å². The highest BCUT2D eigenvalue weighted by Gasteiger charge is 2.25. The molecule has 1 heterocycles. The monoisotopic (exact) mass is 491 g/mol. The Kier molecular flexibility index (Phi) is 7.26. The summed E-state index contributed by atoms with van der Waals surface area (Å²) in [5, 5.41) is 17.8. The third-order valence-electron chi connectivity index (χ3n) is 4.25. The summed E-state index contributed by atoms with van der Waals surface area (Å²) >= 11 is 12.2. The van der Waals surface area contributed by atoms with Crippen molar-refractivity contribution >= 4 is 63.8 Å². The zero-order chi connectivity index (χ0) is 24.1. The number of carbonyl (C=O) groups is 2. The fourth-order valence-corrected chi connectivity index (χ4v) is 3.12. The SMILES string of the molecule is COC(=O)c1cc(Nc2ncnc(Nc3cccc(Cl)c3Cl)c2[N+](=O)[O-])cc(C(=O)OC)c1. The lowest BCUT2D eigenvalue weighted by Gasteiger charge is -2.12. The normalized spacial score (nSPS) is 10.3. The van der Waals surface area contributed by atoms with Crippen LogP contribution in [0.2, 0.25) is 10.0 Å². The quantitative estimate of drug-likeness (QED) is 0.269. The molecular formula is C20H15Cl2N5O6. The van der Waals surface area contributed by atoms with Crippen LogP contribution in [0.3, 0.4) is 0 Å². The number of nitrogens with zero attached hydrogens (tertiary/aromatic N) is 3. The first-order chi connectivity index (χ1) is 15.7. The van der Waals surface area contributed by atoms with Crippen LogP contribution in [0.15, 0.2) is 42.7 Å². The van der Waals surface area contributed by atoms with E-state index in [0.717, 1.165) is 6.33 Å². The molecule has 3 aromatic rings. The predicted octanol–water partition coefficient (Wildman–Crippen LogP) is 4.75. The highest BCUT2D eigenvalue weighted by molar-refractivity contribution is 6.43. The molecular weight excluding hydrogens is 477 g/mol. The van der Waals surface area contributed by atoms with Crippen molar-refractivity contribution in [2.75, 3.05) is 24.9 Å². The molecule has 33 heavy (non-hydrogen) atoms. The van der Waals surface area contributed by atoms with E-state index in [4.69, 9.17) is 32.7 Å². The predicted molar refractivity (Wildman–Crippen MR) is 121 cm³/mol. The molecule has 0 fully saturated rings. The van der Waals surface area contributed by atoms with Crippen LogP contribution in [0, 0.1) is 10.1 Å². The van der Waals surface area contributed by atoms with Crippen LogP contribution >= 0.6 is 23.2 Å². The fraction of sp³-hybridized carbons (Fsp3) is 0.100. The molecule has 0 atom stereocenters. The van der Waals surface area contributed by atoms with E-state index in [-0.39, 0.29) is 44.2 Å². The van der Waals surface area contributed by atoms with Gasteiger partial charge in [0.05, 0.1) is 46.0 Å². The molecule has 0 radical (unpaired) electrons. The van der Waals surface area contributed by atoms with Gasteiger partial charge in [0.15, 0.2) is 0 Å². The van der Waals surface area contributed by atoms with E-state index in [1.54, 1.807) is 18.2 Å². The smallest absolute Gasteiger partial charge is 0.353 e. The Morgan fingerprint density at radius 1 is 0.970 bits per heavy atom. The van der Waals surface area contributed by atoms with Gasteiger partial charge >= 0.3 is 17.6 Å². The molecule has 0 saturated carbocycles. The number of ether oxygens (including phenoxy) is 2. The number of hydrogen-bond donors (Lipinski definition) is 2. The maximum Gasteiger partial charge on any atom is 0.353 e. The number of anilines is 4. The van der Waals surface area contributed by atoms with Crippen molar-refractivity contribution in [1.82, 2.24) is 9.97 Å². The molecule has 1 aromatic heterocycles. The summed E-state index contributed by atoms with van der Waals surface area (Å²) in [6.07, 6.45) is 1.08. The third-order valence-corrected chi connectivity index (χ3v) is 5.07. The first-order valence-corrected chi connectivity index (χ1v) is 9.80. The lowest BCUT2D eigenvalue weighted by molar-refractivity contribution is -0.383. The van der Waals surface area contributed by atoms with Crippen molar-refractivity contribution in [2.45, 2.75) is 0 Å². The number of nitro groups is 1. The number of rotatable bonds is 7. The van der Waals surface area contributed by atoms with E-state index < -0.39 is 22.5 Å². The molecule has 2 aromatic carbocycles. The van der Waals surface area contributed by atoms with Gasteiger partial charge in [-0.3, -0.25) is 10.1 Å². The molecule has 0 aliphatic rings. The van der Waals surface area contributed by atoms with Gasteiger partial charge in [0, 0.05) is 5.69 Å². The van der Waals surface area contributed by atoms with E-state index in [1.165, 1.54) is 32.4 Å². The topological polar surface area (TPSA) is 146 Å². The summed E-state index contributed by atoms with van der Waals surface area (Å²) in [7, 11) is 2.35. The summed E-state index contributed by atoms with van der Waals surface area (Å²) < 4.78 is 9.38. The number of methoxy groups -OCH3 is 2. The van der Waals surface area contributed by atoms with Crippen molar-refractivity contribution in [3.05, 3.63) is 74.0 Å². The Hall–Kier alpha value is -3.96. The van der Waals surface area contributed by atoms with E-state index in [2.05, 4.69) is 20.6 Å². The number of esters is 2. The standard InChI is InChI=1S/C20H15Cl2N5O6/c1-32-19(28)10-6-11(20(29)33-2)8-12(7-10)25-17-16(27(30)31)18(24-9-23-17)26-14-5-3-4-13(21)15(14)22/h3-9H,1-2H3,(H2,23,24,25,26). The molecule has 0 unspecified atom stereocenters. The average Bonchev–Trinajstić information content (AvgIpc) is 2.80. The highest BCUT2D eigenvalue weighted by atomic mass is 35.5. The van der Waals surface area contributed by atoms with Gasteiger partial charge in [-0.15, -0.1) is 0 Å². The van der Waals surface area contributed by atoms with Gasteiger partial charge in [-0.1, -0.05) is 29.3 Å². The van der Waals surface area contributed by atoms with E-state index in [0.29, 0.717) is 0 Å². The van der Waals surface area contributed by atoms with Crippen molar-refractivity contribution in [2.24, 2.45) is 0 Å². The summed E-state index contributed by atoms with van der Waals surface area (Å²) in [6, 6.07) is 8.68. The lowest BCUT2D eigenvalue weighted by Crippen LogP contribution is -2.09. The minimum absolute atomic E-state index is 0.0173. The van der Waals surface area contributed by atoms with Crippen LogP contribution in [-0.2, 0) is 9.47 Å². The van der Waals surface area contributed by atoms with Gasteiger partial charge in [0.25, 0.3) is 0 Å². The lowest BCUT2D eigenvalue weighted by atomic mass is 10.1. The van der Waals surface area contributed by atoms with Gasteiger partial charge in [-0.2, -0.15) is 0 Å². The molecule has 0 saturated heterocycles. The Bertz CT molecular complexity index is 1220. The second-order valence-electron chi connectivity index (χ2n) is 6.31. The molecule has 2 N–H and O–H groups in total. The first-order valence-electron chi connectivity index (χ1n) is 9.04. The van der Waals surface area contributed by atoms with Crippen molar-refractivity contribution < 1.29 is 24.0 Å². The minimum atomic E-state index is -0.723. The van der Waals surface area contributed by atoms with E-state index >= 15 is 0 Å². The maximum absolute atomic E-state index is 12.0. The Morgan fingerprint density at radius 3 is 2.09 bits per heavy atom. The Balaban J connectivity index is 2.06. The zero-order valence-electron chi connectivity index (χ0n) is 17.1. The van der Waals surface area contributed by atoms with Crippen LogP contribution in [0.25, 0.3) is 0 Å². The number of carbonyl (C=O) groups excluding carboxylic acids is 2.